The van der Waals surface area contributed by atoms with Crippen molar-refractivity contribution in [3.63, 3.8) is 0 Å². The van der Waals surface area contributed by atoms with Gasteiger partial charge in [-0.1, -0.05) is 6.07 Å². The number of rotatable bonds is 4. The number of aromatic nitrogens is 2. The highest BCUT2D eigenvalue weighted by molar-refractivity contribution is 6.03. The molecule has 126 valence electrons. The summed E-state index contributed by atoms with van der Waals surface area (Å²) in [5.74, 6) is -0.290. The molecular weight excluding hydrogens is 308 g/mol. The van der Waals surface area contributed by atoms with E-state index in [1.165, 1.54) is 13.2 Å². The van der Waals surface area contributed by atoms with Crippen molar-refractivity contribution in [2.75, 3.05) is 17.7 Å². The van der Waals surface area contributed by atoms with E-state index in [2.05, 4.69) is 25.6 Å². The second-order valence-corrected chi connectivity index (χ2v) is 6.21. The Morgan fingerprint density at radius 3 is 2.42 bits per heavy atom. The smallest absolute Gasteiger partial charge is 0.337 e. The predicted molar refractivity (Wildman–Crippen MR) is 91.1 cm³/mol. The quantitative estimate of drug-likeness (QED) is 0.838. The van der Waals surface area contributed by atoms with E-state index in [1.807, 2.05) is 20.8 Å². The molecule has 0 spiro atoms. The van der Waals surface area contributed by atoms with E-state index in [0.717, 1.165) is 0 Å². The van der Waals surface area contributed by atoms with Gasteiger partial charge in [-0.2, -0.15) is 0 Å². The Balaban J connectivity index is 2.08. The van der Waals surface area contributed by atoms with Crippen LogP contribution in [-0.2, 0) is 4.74 Å². The van der Waals surface area contributed by atoms with Crippen LogP contribution in [0.15, 0.2) is 36.4 Å². The minimum Gasteiger partial charge on any atom is -0.465 e. The van der Waals surface area contributed by atoms with E-state index in [1.54, 1.807) is 30.3 Å². The first-order valence-corrected chi connectivity index (χ1v) is 7.40. The lowest BCUT2D eigenvalue weighted by Crippen LogP contribution is -2.27. The van der Waals surface area contributed by atoms with Crippen LogP contribution >= 0.6 is 0 Å². The van der Waals surface area contributed by atoms with Crippen LogP contribution in [0.2, 0.25) is 0 Å². The highest BCUT2D eigenvalue weighted by Gasteiger charge is 2.13. The molecular formula is C17H20N4O3. The fourth-order valence-electron chi connectivity index (χ4n) is 1.94. The lowest BCUT2D eigenvalue weighted by atomic mass is 10.1. The predicted octanol–water partition coefficient (Wildman–Crippen LogP) is 2.73. The van der Waals surface area contributed by atoms with Crippen LogP contribution in [0.25, 0.3) is 0 Å². The van der Waals surface area contributed by atoms with Gasteiger partial charge in [0.1, 0.15) is 5.82 Å². The molecule has 7 heteroatoms. The van der Waals surface area contributed by atoms with Gasteiger partial charge >= 0.3 is 5.97 Å². The highest BCUT2D eigenvalue weighted by atomic mass is 16.5. The first kappa shape index (κ1) is 17.4. The number of methoxy groups -OCH3 is 1. The maximum absolute atomic E-state index is 12.2. The minimum absolute atomic E-state index is 0.146. The van der Waals surface area contributed by atoms with Gasteiger partial charge in [0.2, 0.25) is 0 Å². The number of anilines is 2. The number of carbonyl (C=O) groups excluding carboxylic acids is 2. The molecule has 0 unspecified atom stereocenters. The molecule has 0 atom stereocenters. The van der Waals surface area contributed by atoms with Crippen molar-refractivity contribution in [3.8, 4) is 0 Å². The molecule has 1 heterocycles. The lowest BCUT2D eigenvalue weighted by molar-refractivity contribution is 0.0600. The summed E-state index contributed by atoms with van der Waals surface area (Å²) in [5, 5.41) is 13.7. The van der Waals surface area contributed by atoms with E-state index in [-0.39, 0.29) is 11.2 Å². The van der Waals surface area contributed by atoms with E-state index in [4.69, 9.17) is 0 Å². The molecule has 0 bridgehead atoms. The zero-order valence-electron chi connectivity index (χ0n) is 14.1. The van der Waals surface area contributed by atoms with Crippen LogP contribution in [0.4, 0.5) is 11.5 Å². The van der Waals surface area contributed by atoms with Gasteiger partial charge in [-0.15, -0.1) is 10.2 Å². The first-order valence-electron chi connectivity index (χ1n) is 7.40. The molecule has 0 saturated heterocycles. The fraction of sp³-hybridized carbons (Fsp3) is 0.294. The van der Waals surface area contributed by atoms with E-state index < -0.39 is 11.9 Å². The number of ether oxygens (including phenoxy) is 1. The van der Waals surface area contributed by atoms with Gasteiger partial charge < -0.3 is 15.4 Å². The standard InChI is InChI=1S/C17H20N4O3/c1-17(2,3)19-14-9-8-13(20-21-14)15(22)18-12-7-5-6-11(10-12)16(23)24-4/h5-10H,1-4H3,(H,18,22)(H,19,21). The molecule has 0 aliphatic heterocycles. The number of hydrogen-bond donors (Lipinski definition) is 2. The Hall–Kier alpha value is -2.96. The van der Waals surface area contributed by atoms with Gasteiger partial charge in [-0.05, 0) is 51.1 Å². The van der Waals surface area contributed by atoms with Gasteiger partial charge in [-0.25, -0.2) is 4.79 Å². The summed E-state index contributed by atoms with van der Waals surface area (Å²) in [7, 11) is 1.30. The second-order valence-electron chi connectivity index (χ2n) is 6.21. The fourth-order valence-corrected chi connectivity index (χ4v) is 1.94. The van der Waals surface area contributed by atoms with Crippen molar-refractivity contribution < 1.29 is 14.3 Å². The van der Waals surface area contributed by atoms with E-state index >= 15 is 0 Å². The Morgan fingerprint density at radius 2 is 1.83 bits per heavy atom. The van der Waals surface area contributed by atoms with Crippen LogP contribution in [0.5, 0.6) is 0 Å². The minimum atomic E-state index is -0.469. The molecule has 0 saturated carbocycles. The monoisotopic (exact) mass is 328 g/mol. The van der Waals surface area contributed by atoms with Gasteiger partial charge in [0.15, 0.2) is 5.69 Å². The Kier molecular flexibility index (Phi) is 5.13. The lowest BCUT2D eigenvalue weighted by Gasteiger charge is -2.20. The topological polar surface area (TPSA) is 93.2 Å². The summed E-state index contributed by atoms with van der Waals surface area (Å²) in [5.41, 5.74) is 0.859. The number of nitrogens with one attached hydrogen (secondary N) is 2. The first-order chi connectivity index (χ1) is 11.3. The summed E-state index contributed by atoms with van der Waals surface area (Å²) < 4.78 is 4.65. The van der Waals surface area contributed by atoms with Gasteiger partial charge in [0.25, 0.3) is 5.91 Å². The molecule has 2 aromatic rings. The molecule has 0 aliphatic rings. The normalized spacial score (nSPS) is 10.8. The van der Waals surface area contributed by atoms with Gasteiger partial charge in [0, 0.05) is 11.2 Å². The van der Waals surface area contributed by atoms with Crippen LogP contribution in [-0.4, -0.2) is 34.7 Å². The summed E-state index contributed by atoms with van der Waals surface area (Å²) in [6.45, 7) is 6.01. The van der Waals surface area contributed by atoms with Crippen molar-refractivity contribution in [3.05, 3.63) is 47.7 Å². The molecule has 0 radical (unpaired) electrons. The van der Waals surface area contributed by atoms with E-state index in [0.29, 0.717) is 17.1 Å². The number of nitrogens with zero attached hydrogens (tertiary/aromatic N) is 2. The molecule has 0 fully saturated rings. The van der Waals surface area contributed by atoms with Crippen molar-refractivity contribution in [2.24, 2.45) is 0 Å². The summed E-state index contributed by atoms with van der Waals surface area (Å²) in [4.78, 5) is 23.7. The molecule has 7 nitrogen and oxygen atoms in total. The van der Waals surface area contributed by atoms with Crippen molar-refractivity contribution in [1.29, 1.82) is 0 Å². The zero-order valence-corrected chi connectivity index (χ0v) is 14.1. The maximum Gasteiger partial charge on any atom is 0.337 e. The molecule has 2 rings (SSSR count). The number of benzene rings is 1. The molecule has 1 aromatic heterocycles. The van der Waals surface area contributed by atoms with Crippen molar-refractivity contribution >= 4 is 23.4 Å². The highest BCUT2D eigenvalue weighted by Crippen LogP contribution is 2.14. The largest absolute Gasteiger partial charge is 0.465 e. The van der Waals surface area contributed by atoms with Crippen LogP contribution in [0, 0.1) is 0 Å². The SMILES string of the molecule is COC(=O)c1cccc(NC(=O)c2ccc(NC(C)(C)C)nn2)c1. The van der Waals surface area contributed by atoms with Gasteiger partial charge in [0.05, 0.1) is 12.7 Å². The number of carbonyl (C=O) groups is 2. The summed E-state index contributed by atoms with van der Waals surface area (Å²) in [6, 6.07) is 9.75. The summed E-state index contributed by atoms with van der Waals surface area (Å²) in [6.07, 6.45) is 0. The van der Waals surface area contributed by atoms with Crippen LogP contribution < -0.4 is 10.6 Å². The average Bonchev–Trinajstić information content (AvgIpc) is 2.53. The Bertz CT molecular complexity index is 736. The maximum atomic E-state index is 12.2. The van der Waals surface area contributed by atoms with Crippen molar-refractivity contribution in [1.82, 2.24) is 10.2 Å². The molecule has 1 aromatic carbocycles. The average molecular weight is 328 g/mol. The molecule has 24 heavy (non-hydrogen) atoms. The van der Waals surface area contributed by atoms with Crippen LogP contribution in [0.3, 0.4) is 0 Å². The number of amides is 1. The molecule has 2 N–H and O–H groups in total. The third-order valence-electron chi connectivity index (χ3n) is 2.94. The molecule has 0 aliphatic carbocycles. The molecule has 1 amide bonds. The van der Waals surface area contributed by atoms with Gasteiger partial charge in [-0.3, -0.25) is 4.79 Å². The Morgan fingerprint density at radius 1 is 1.08 bits per heavy atom. The third-order valence-corrected chi connectivity index (χ3v) is 2.94. The summed E-state index contributed by atoms with van der Waals surface area (Å²) >= 11 is 0. The van der Waals surface area contributed by atoms with Crippen LogP contribution in [0.1, 0.15) is 41.6 Å². The van der Waals surface area contributed by atoms with Crippen molar-refractivity contribution in [2.45, 2.75) is 26.3 Å². The number of esters is 1. The zero-order chi connectivity index (χ0) is 17.7. The second kappa shape index (κ2) is 7.08. The van der Waals surface area contributed by atoms with E-state index in [9.17, 15) is 9.59 Å². The third kappa shape index (κ3) is 4.77. The Labute approximate surface area is 140 Å². The number of hydrogen-bond acceptors (Lipinski definition) is 6.